The van der Waals surface area contributed by atoms with Gasteiger partial charge in [0.25, 0.3) is 5.91 Å². The minimum atomic E-state index is -0.195. The lowest BCUT2D eigenvalue weighted by molar-refractivity contribution is 0.0816. The maximum Gasteiger partial charge on any atom is 0.254 e. The number of H-pyrrole nitrogens is 1. The van der Waals surface area contributed by atoms with Gasteiger partial charge in [0.2, 0.25) is 0 Å². The van der Waals surface area contributed by atoms with Gasteiger partial charge in [0.05, 0.1) is 0 Å². The van der Waals surface area contributed by atoms with Crippen LogP contribution in [-0.4, -0.2) is 53.5 Å². The summed E-state index contributed by atoms with van der Waals surface area (Å²) in [5, 5.41) is 0.977. The summed E-state index contributed by atoms with van der Waals surface area (Å²) in [5.74, 6) is 1.38. The zero-order valence-electron chi connectivity index (χ0n) is 19.7. The summed E-state index contributed by atoms with van der Waals surface area (Å²) < 4.78 is 19.9. The molecule has 0 saturated carbocycles. The zero-order chi connectivity index (χ0) is 23.1. The number of fused-ring (bicyclic) bond motifs is 4. The van der Waals surface area contributed by atoms with Gasteiger partial charge in [0.1, 0.15) is 18.2 Å². The van der Waals surface area contributed by atoms with Crippen molar-refractivity contribution in [2.45, 2.75) is 45.7 Å². The van der Waals surface area contributed by atoms with Crippen molar-refractivity contribution in [2.75, 3.05) is 26.7 Å². The zero-order valence-corrected chi connectivity index (χ0v) is 19.7. The van der Waals surface area contributed by atoms with Gasteiger partial charge in [-0.1, -0.05) is 13.8 Å². The molecule has 2 aliphatic rings. The van der Waals surface area contributed by atoms with Crippen LogP contribution in [0.3, 0.4) is 0 Å². The molecule has 3 heterocycles. The predicted octanol–water partition coefficient (Wildman–Crippen LogP) is 4.79. The molecule has 33 heavy (non-hydrogen) atoms. The van der Waals surface area contributed by atoms with Crippen molar-refractivity contribution in [1.82, 2.24) is 14.8 Å². The van der Waals surface area contributed by atoms with Gasteiger partial charge in [-0.05, 0) is 73.2 Å². The molecule has 5 rings (SSSR count). The van der Waals surface area contributed by atoms with Gasteiger partial charge < -0.3 is 14.6 Å². The summed E-state index contributed by atoms with van der Waals surface area (Å²) in [7, 11) is 1.86. The number of ether oxygens (including phenoxy) is 1. The number of rotatable bonds is 7. The summed E-state index contributed by atoms with van der Waals surface area (Å²) in [4.78, 5) is 20.0. The summed E-state index contributed by atoms with van der Waals surface area (Å²) in [5.41, 5.74) is 5.30. The number of aromatic amines is 1. The van der Waals surface area contributed by atoms with Crippen molar-refractivity contribution in [3.05, 3.63) is 64.6 Å². The minimum Gasteiger partial charge on any atom is -0.492 e. The van der Waals surface area contributed by atoms with E-state index in [-0.39, 0.29) is 17.8 Å². The lowest BCUT2D eigenvalue weighted by atomic mass is 9.93. The number of aromatic nitrogens is 1. The SMILES string of the molecule is CC(C)CN(CCCc1c[nH]c2ccc(F)cc12)C1COc2ccc3c(c2C1)CN(C)C3=O. The number of nitrogens with zero attached hydrogens (tertiary/aromatic N) is 2. The van der Waals surface area contributed by atoms with E-state index in [1.54, 1.807) is 17.0 Å². The summed E-state index contributed by atoms with van der Waals surface area (Å²) in [6.07, 6.45) is 4.81. The molecule has 1 atom stereocenters. The second kappa shape index (κ2) is 8.82. The van der Waals surface area contributed by atoms with Gasteiger partial charge in [0, 0.05) is 54.4 Å². The Morgan fingerprint density at radius 3 is 2.91 bits per heavy atom. The first-order valence-corrected chi connectivity index (χ1v) is 11.9. The highest BCUT2D eigenvalue weighted by Crippen LogP contribution is 2.36. The molecule has 6 heteroatoms. The van der Waals surface area contributed by atoms with E-state index < -0.39 is 0 Å². The number of carbonyl (C=O) groups excluding carboxylic acids is 1. The number of nitrogens with one attached hydrogen (secondary N) is 1. The normalized spacial score (nSPS) is 17.7. The third-order valence-electron chi connectivity index (χ3n) is 6.97. The maximum absolute atomic E-state index is 13.7. The average Bonchev–Trinajstić information content (AvgIpc) is 3.32. The van der Waals surface area contributed by atoms with Crippen LogP contribution in [0.5, 0.6) is 5.75 Å². The Hall–Kier alpha value is -2.86. The molecule has 0 radical (unpaired) electrons. The second-order valence-corrected chi connectivity index (χ2v) is 9.89. The highest BCUT2D eigenvalue weighted by molar-refractivity contribution is 5.99. The van der Waals surface area contributed by atoms with Crippen molar-refractivity contribution in [3.63, 3.8) is 0 Å². The maximum atomic E-state index is 13.7. The highest BCUT2D eigenvalue weighted by Gasteiger charge is 2.33. The number of hydrogen-bond acceptors (Lipinski definition) is 3. The van der Waals surface area contributed by atoms with Crippen molar-refractivity contribution in [1.29, 1.82) is 0 Å². The van der Waals surface area contributed by atoms with Crippen LogP contribution in [0.2, 0.25) is 0 Å². The molecule has 1 N–H and O–H groups in total. The Kier molecular flexibility index (Phi) is 5.87. The Balaban J connectivity index is 1.31. The van der Waals surface area contributed by atoms with Gasteiger partial charge in [0.15, 0.2) is 0 Å². The average molecular weight is 450 g/mol. The van der Waals surface area contributed by atoms with Gasteiger partial charge >= 0.3 is 0 Å². The number of halogens is 1. The minimum absolute atomic E-state index is 0.101. The number of carbonyl (C=O) groups is 1. The number of hydrogen-bond donors (Lipinski definition) is 1. The third kappa shape index (κ3) is 4.24. The molecule has 174 valence electrons. The predicted molar refractivity (Wildman–Crippen MR) is 128 cm³/mol. The fourth-order valence-electron chi connectivity index (χ4n) is 5.36. The van der Waals surface area contributed by atoms with Gasteiger partial charge in [-0.3, -0.25) is 9.69 Å². The van der Waals surface area contributed by atoms with Crippen LogP contribution in [0.4, 0.5) is 4.39 Å². The van der Waals surface area contributed by atoms with Crippen molar-refractivity contribution < 1.29 is 13.9 Å². The first-order valence-electron chi connectivity index (χ1n) is 11.9. The summed E-state index contributed by atoms with van der Waals surface area (Å²) in [6, 6.07) is 9.08. The standard InChI is InChI=1S/C27H32FN3O2/c1-17(2)14-31(10-4-5-18-13-29-25-8-6-19(28)11-22(18)25)20-12-23-24-15-30(3)27(32)21(24)7-9-26(23)33-16-20/h6-9,11,13,17,20,29H,4-5,10,12,14-16H2,1-3H3. The lowest BCUT2D eigenvalue weighted by Gasteiger charge is -2.36. The monoisotopic (exact) mass is 449 g/mol. The van der Waals surface area contributed by atoms with E-state index in [4.69, 9.17) is 4.74 Å². The topological polar surface area (TPSA) is 48.6 Å². The van der Waals surface area contributed by atoms with E-state index in [1.165, 1.54) is 17.2 Å². The molecule has 1 amide bonds. The van der Waals surface area contributed by atoms with Crippen LogP contribution in [0.1, 0.15) is 47.3 Å². The molecule has 0 saturated heterocycles. The van der Waals surface area contributed by atoms with Crippen molar-refractivity contribution in [3.8, 4) is 5.75 Å². The lowest BCUT2D eigenvalue weighted by Crippen LogP contribution is -2.45. The van der Waals surface area contributed by atoms with Crippen LogP contribution in [0.15, 0.2) is 36.5 Å². The Morgan fingerprint density at radius 1 is 1.24 bits per heavy atom. The number of aryl methyl sites for hydroxylation is 1. The van der Waals surface area contributed by atoms with Crippen LogP contribution < -0.4 is 4.74 Å². The van der Waals surface area contributed by atoms with E-state index in [2.05, 4.69) is 23.7 Å². The van der Waals surface area contributed by atoms with Crippen molar-refractivity contribution in [2.24, 2.45) is 5.92 Å². The fourth-order valence-corrected chi connectivity index (χ4v) is 5.36. The summed E-state index contributed by atoms with van der Waals surface area (Å²) in [6.45, 7) is 7.78. The molecule has 0 spiro atoms. The Morgan fingerprint density at radius 2 is 2.09 bits per heavy atom. The van der Waals surface area contributed by atoms with E-state index in [9.17, 15) is 9.18 Å². The largest absolute Gasteiger partial charge is 0.492 e. The molecule has 0 fully saturated rings. The number of benzene rings is 2. The van der Waals surface area contributed by atoms with Gasteiger partial charge in [-0.25, -0.2) is 4.39 Å². The van der Waals surface area contributed by atoms with E-state index in [1.807, 2.05) is 25.4 Å². The molecule has 1 aromatic heterocycles. The van der Waals surface area contributed by atoms with Gasteiger partial charge in [-0.15, -0.1) is 0 Å². The van der Waals surface area contributed by atoms with Crippen LogP contribution in [0, 0.1) is 11.7 Å². The molecule has 3 aromatic rings. The second-order valence-electron chi connectivity index (χ2n) is 9.89. The molecule has 0 bridgehead atoms. The Labute approximate surface area is 194 Å². The molecule has 5 nitrogen and oxygen atoms in total. The molecule has 2 aliphatic heterocycles. The summed E-state index contributed by atoms with van der Waals surface area (Å²) >= 11 is 0. The van der Waals surface area contributed by atoms with Crippen LogP contribution in [0.25, 0.3) is 10.9 Å². The van der Waals surface area contributed by atoms with E-state index >= 15 is 0 Å². The molecule has 0 aliphatic carbocycles. The van der Waals surface area contributed by atoms with Crippen LogP contribution >= 0.6 is 0 Å². The molecular weight excluding hydrogens is 417 g/mol. The van der Waals surface area contributed by atoms with E-state index in [0.717, 1.165) is 60.1 Å². The van der Waals surface area contributed by atoms with Crippen LogP contribution in [-0.2, 0) is 19.4 Å². The highest BCUT2D eigenvalue weighted by atomic mass is 19.1. The first-order chi connectivity index (χ1) is 15.9. The van der Waals surface area contributed by atoms with E-state index in [0.29, 0.717) is 19.1 Å². The molecule has 2 aromatic carbocycles. The fraction of sp³-hybridized carbons (Fsp3) is 0.444. The quantitative estimate of drug-likeness (QED) is 0.564. The Bertz CT molecular complexity index is 1190. The smallest absolute Gasteiger partial charge is 0.254 e. The third-order valence-corrected chi connectivity index (χ3v) is 6.97. The molecular formula is C27H32FN3O2. The first kappa shape index (κ1) is 22.0. The van der Waals surface area contributed by atoms with Crippen molar-refractivity contribution >= 4 is 16.8 Å². The van der Waals surface area contributed by atoms with Gasteiger partial charge in [-0.2, -0.15) is 0 Å². The molecule has 1 unspecified atom stereocenters. The number of amides is 1.